The van der Waals surface area contributed by atoms with E-state index in [1.54, 1.807) is 19.1 Å². The van der Waals surface area contributed by atoms with Crippen LogP contribution in [0.15, 0.2) is 18.2 Å². The highest BCUT2D eigenvalue weighted by atomic mass is 19.3. The lowest BCUT2D eigenvalue weighted by molar-refractivity contribution is 0.163. The smallest absolute Gasteiger partial charge is 0.255 e. The molecule has 0 saturated carbocycles. The van der Waals surface area contributed by atoms with Crippen LogP contribution in [0.2, 0.25) is 0 Å². The summed E-state index contributed by atoms with van der Waals surface area (Å²) in [4.78, 5) is 0. The van der Waals surface area contributed by atoms with E-state index in [0.29, 0.717) is 11.3 Å². The number of anilines is 1. The Labute approximate surface area is 74.6 Å². The second kappa shape index (κ2) is 4.16. The van der Waals surface area contributed by atoms with Crippen molar-refractivity contribution in [2.75, 3.05) is 11.9 Å². The quantitative estimate of drug-likeness (QED) is 0.770. The number of halogens is 3. The molecule has 0 amide bonds. The third kappa shape index (κ3) is 2.97. The molecule has 72 valence electrons. The second-order valence-electron chi connectivity index (χ2n) is 2.74. The first-order chi connectivity index (χ1) is 6.09. The van der Waals surface area contributed by atoms with Gasteiger partial charge in [0, 0.05) is 5.69 Å². The van der Waals surface area contributed by atoms with Gasteiger partial charge >= 0.3 is 0 Å². The standard InChI is InChI=1S/C9H10F3N/c1-6-2-3-7(4-8(6)10)13-5-9(11)12/h2-4,9,13H,5H2,1H3. The van der Waals surface area contributed by atoms with Crippen LogP contribution in [0.5, 0.6) is 0 Å². The zero-order valence-corrected chi connectivity index (χ0v) is 7.15. The monoisotopic (exact) mass is 189 g/mol. The third-order valence-corrected chi connectivity index (χ3v) is 1.63. The van der Waals surface area contributed by atoms with Crippen molar-refractivity contribution in [3.05, 3.63) is 29.6 Å². The largest absolute Gasteiger partial charge is 0.379 e. The van der Waals surface area contributed by atoms with Crippen LogP contribution in [0.1, 0.15) is 5.56 Å². The maximum Gasteiger partial charge on any atom is 0.255 e. The van der Waals surface area contributed by atoms with Gasteiger partial charge in [-0.2, -0.15) is 0 Å². The van der Waals surface area contributed by atoms with E-state index in [9.17, 15) is 13.2 Å². The van der Waals surface area contributed by atoms with Gasteiger partial charge in [-0.1, -0.05) is 6.07 Å². The van der Waals surface area contributed by atoms with Crippen molar-refractivity contribution in [1.29, 1.82) is 0 Å². The van der Waals surface area contributed by atoms with Gasteiger partial charge in [-0.15, -0.1) is 0 Å². The molecule has 0 fully saturated rings. The zero-order valence-electron chi connectivity index (χ0n) is 7.15. The van der Waals surface area contributed by atoms with Crippen molar-refractivity contribution in [2.45, 2.75) is 13.3 Å². The zero-order chi connectivity index (χ0) is 9.84. The number of hydrogen-bond acceptors (Lipinski definition) is 1. The minimum Gasteiger partial charge on any atom is -0.379 e. The Balaban J connectivity index is 2.63. The van der Waals surface area contributed by atoms with Crippen molar-refractivity contribution in [2.24, 2.45) is 0 Å². The second-order valence-corrected chi connectivity index (χ2v) is 2.74. The van der Waals surface area contributed by atoms with E-state index in [-0.39, 0.29) is 5.82 Å². The van der Waals surface area contributed by atoms with Gasteiger partial charge in [0.25, 0.3) is 6.43 Å². The molecule has 0 radical (unpaired) electrons. The van der Waals surface area contributed by atoms with Gasteiger partial charge in [0.05, 0.1) is 6.54 Å². The van der Waals surface area contributed by atoms with Crippen LogP contribution in [0.4, 0.5) is 18.9 Å². The number of nitrogens with one attached hydrogen (secondary N) is 1. The Morgan fingerprint density at radius 3 is 2.62 bits per heavy atom. The van der Waals surface area contributed by atoms with E-state index in [2.05, 4.69) is 5.32 Å². The normalized spacial score (nSPS) is 10.5. The molecule has 1 aromatic carbocycles. The van der Waals surface area contributed by atoms with Crippen LogP contribution in [-0.2, 0) is 0 Å². The molecule has 0 aliphatic rings. The summed E-state index contributed by atoms with van der Waals surface area (Å²) in [7, 11) is 0. The topological polar surface area (TPSA) is 12.0 Å². The summed E-state index contributed by atoms with van der Waals surface area (Å²) >= 11 is 0. The van der Waals surface area contributed by atoms with Crippen LogP contribution < -0.4 is 5.32 Å². The molecule has 0 unspecified atom stereocenters. The Kier molecular flexibility index (Phi) is 3.17. The maximum atomic E-state index is 12.9. The minimum absolute atomic E-state index is 0.378. The van der Waals surface area contributed by atoms with Gasteiger partial charge in [-0.05, 0) is 24.6 Å². The molecule has 1 nitrogen and oxygen atoms in total. The number of hydrogen-bond donors (Lipinski definition) is 1. The van der Waals surface area contributed by atoms with Gasteiger partial charge in [0.2, 0.25) is 0 Å². The fourth-order valence-electron chi connectivity index (χ4n) is 0.898. The summed E-state index contributed by atoms with van der Waals surface area (Å²) in [5.74, 6) is -0.390. The highest BCUT2D eigenvalue weighted by Gasteiger charge is 2.03. The molecular formula is C9H10F3N. The summed E-state index contributed by atoms with van der Waals surface area (Å²) < 4.78 is 36.4. The van der Waals surface area contributed by atoms with Gasteiger partial charge < -0.3 is 5.32 Å². The fraction of sp³-hybridized carbons (Fsp3) is 0.333. The SMILES string of the molecule is Cc1ccc(NCC(F)F)cc1F. The van der Waals surface area contributed by atoms with Crippen molar-refractivity contribution < 1.29 is 13.2 Å². The molecule has 0 aliphatic heterocycles. The molecule has 1 N–H and O–H groups in total. The van der Waals surface area contributed by atoms with Gasteiger partial charge in [-0.25, -0.2) is 13.2 Å². The maximum absolute atomic E-state index is 12.9. The highest BCUT2D eigenvalue weighted by molar-refractivity contribution is 5.45. The van der Waals surface area contributed by atoms with Crippen LogP contribution in [0, 0.1) is 12.7 Å². The van der Waals surface area contributed by atoms with E-state index in [4.69, 9.17) is 0 Å². The van der Waals surface area contributed by atoms with E-state index >= 15 is 0 Å². The average molecular weight is 189 g/mol. The fourth-order valence-corrected chi connectivity index (χ4v) is 0.898. The molecule has 0 atom stereocenters. The summed E-state index contributed by atoms with van der Waals surface area (Å²) in [6, 6.07) is 4.32. The van der Waals surface area contributed by atoms with Crippen molar-refractivity contribution in [1.82, 2.24) is 0 Å². The lowest BCUT2D eigenvalue weighted by atomic mass is 10.2. The Hall–Kier alpha value is -1.19. The molecule has 1 rings (SSSR count). The first-order valence-electron chi connectivity index (χ1n) is 3.88. The number of aryl methyl sites for hydroxylation is 1. The van der Waals surface area contributed by atoms with Crippen LogP contribution in [-0.4, -0.2) is 13.0 Å². The Morgan fingerprint density at radius 2 is 2.08 bits per heavy atom. The van der Waals surface area contributed by atoms with Crippen molar-refractivity contribution >= 4 is 5.69 Å². The molecule has 0 heterocycles. The van der Waals surface area contributed by atoms with Crippen molar-refractivity contribution in [3.8, 4) is 0 Å². The van der Waals surface area contributed by atoms with Crippen LogP contribution in [0.25, 0.3) is 0 Å². The Morgan fingerprint density at radius 1 is 1.38 bits per heavy atom. The Bertz CT molecular complexity index is 286. The number of alkyl halides is 2. The summed E-state index contributed by atoms with van der Waals surface area (Å²) in [6.45, 7) is 1.16. The average Bonchev–Trinajstić information content (AvgIpc) is 2.07. The first-order valence-corrected chi connectivity index (χ1v) is 3.88. The van der Waals surface area contributed by atoms with Crippen LogP contribution in [0.3, 0.4) is 0 Å². The molecular weight excluding hydrogens is 179 g/mol. The third-order valence-electron chi connectivity index (χ3n) is 1.63. The molecule has 0 aliphatic carbocycles. The molecule has 1 aromatic rings. The molecule has 0 aromatic heterocycles. The molecule has 0 saturated heterocycles. The number of rotatable bonds is 3. The van der Waals surface area contributed by atoms with Gasteiger partial charge in [0.1, 0.15) is 5.82 Å². The summed E-state index contributed by atoms with van der Waals surface area (Å²) in [5, 5.41) is 2.42. The molecule has 13 heavy (non-hydrogen) atoms. The lowest BCUT2D eigenvalue weighted by Crippen LogP contribution is -2.10. The summed E-state index contributed by atoms with van der Waals surface area (Å²) in [5.41, 5.74) is 0.881. The minimum atomic E-state index is -2.43. The van der Waals surface area contributed by atoms with Crippen LogP contribution >= 0.6 is 0 Å². The first kappa shape index (κ1) is 9.89. The van der Waals surface area contributed by atoms with E-state index in [0.717, 1.165) is 0 Å². The highest BCUT2D eigenvalue weighted by Crippen LogP contribution is 2.13. The van der Waals surface area contributed by atoms with Crippen molar-refractivity contribution in [3.63, 3.8) is 0 Å². The number of benzene rings is 1. The summed E-state index contributed by atoms with van der Waals surface area (Å²) in [6.07, 6.45) is -2.43. The van der Waals surface area contributed by atoms with E-state index in [1.807, 2.05) is 0 Å². The van der Waals surface area contributed by atoms with E-state index in [1.165, 1.54) is 6.07 Å². The molecule has 0 bridgehead atoms. The lowest BCUT2D eigenvalue weighted by Gasteiger charge is -2.06. The van der Waals surface area contributed by atoms with Gasteiger partial charge in [-0.3, -0.25) is 0 Å². The predicted molar refractivity (Wildman–Crippen MR) is 45.6 cm³/mol. The molecule has 4 heteroatoms. The van der Waals surface area contributed by atoms with Gasteiger partial charge in [0.15, 0.2) is 0 Å². The molecule has 0 spiro atoms. The predicted octanol–water partition coefficient (Wildman–Crippen LogP) is 2.81. The van der Waals surface area contributed by atoms with E-state index < -0.39 is 13.0 Å².